The number of hydrogen-bond donors (Lipinski definition) is 0. The highest BCUT2D eigenvalue weighted by molar-refractivity contribution is 7.00. The summed E-state index contributed by atoms with van der Waals surface area (Å²) in [7, 11) is 0. The number of para-hydroxylation sites is 6. The Balaban J connectivity index is 1.04. The van der Waals surface area contributed by atoms with E-state index in [0.29, 0.717) is 16.9 Å². The van der Waals surface area contributed by atoms with Crippen LogP contribution in [0.5, 0.6) is 0 Å². The van der Waals surface area contributed by atoms with Crippen molar-refractivity contribution in [3.63, 3.8) is 0 Å². The molecule has 2 aliphatic rings. The van der Waals surface area contributed by atoms with Crippen LogP contribution < -0.4 is 21.3 Å². The lowest BCUT2D eigenvalue weighted by Gasteiger charge is -2.42. The minimum Gasteiger partial charge on any atom is -0.456 e. The second-order valence-corrected chi connectivity index (χ2v) is 20.1. The van der Waals surface area contributed by atoms with Crippen molar-refractivity contribution in [2.45, 2.75) is 0 Å². The first kappa shape index (κ1) is 41.0. The van der Waals surface area contributed by atoms with Crippen LogP contribution in [-0.4, -0.2) is 15.8 Å². The summed E-state index contributed by atoms with van der Waals surface area (Å²) >= 11 is 0. The molecule has 2 aliphatic heterocycles. The highest BCUT2D eigenvalue weighted by Crippen LogP contribution is 2.51. The van der Waals surface area contributed by atoms with Crippen LogP contribution in [0.4, 0.5) is 22.7 Å². The zero-order valence-corrected chi connectivity index (χ0v) is 40.4. The van der Waals surface area contributed by atoms with Gasteiger partial charge in [-0.15, -0.1) is 0 Å². The van der Waals surface area contributed by atoms with Crippen LogP contribution >= 0.6 is 0 Å². The number of hydrogen-bond acceptors (Lipinski definition) is 4. The topological polar surface area (TPSA) is 67.5 Å². The minimum absolute atomic E-state index is 0.275. The number of nitriles is 1. The van der Waals surface area contributed by atoms with Gasteiger partial charge in [0.15, 0.2) is 0 Å². The molecule has 4 aromatic heterocycles. The number of aromatic nitrogens is 2. The van der Waals surface area contributed by atoms with Crippen molar-refractivity contribution in [1.82, 2.24) is 9.13 Å². The Bertz CT molecular complexity index is 5010. The molecule has 0 bridgehead atoms. The average Bonchev–Trinajstić information content (AvgIpc) is 4.35. The van der Waals surface area contributed by atoms with Gasteiger partial charge in [-0.05, 0) is 111 Å². The Labute approximate surface area is 434 Å². The minimum atomic E-state index is -0.275. The number of fused-ring (bicyclic) bond motifs is 16. The van der Waals surface area contributed by atoms with E-state index in [1.54, 1.807) is 0 Å². The van der Waals surface area contributed by atoms with Gasteiger partial charge in [-0.25, -0.2) is 4.85 Å². The number of benzene rings is 11. The third-order valence-corrected chi connectivity index (χ3v) is 16.3. The van der Waals surface area contributed by atoms with E-state index >= 15 is 0 Å². The summed E-state index contributed by atoms with van der Waals surface area (Å²) in [5, 5.41) is 20.7. The molecule has 17 rings (SSSR count). The summed E-state index contributed by atoms with van der Waals surface area (Å²) in [5.74, 6) is 0. The van der Waals surface area contributed by atoms with Gasteiger partial charge in [0.1, 0.15) is 28.4 Å². The van der Waals surface area contributed by atoms with Crippen LogP contribution in [-0.2, 0) is 0 Å². The molecule has 76 heavy (non-hydrogen) atoms. The Morgan fingerprint density at radius 3 is 1.61 bits per heavy atom. The molecule has 0 fully saturated rings. The SMILES string of the molecule is [C-]#[N+]c1c(-n2c3cc(-c4ccc5oc6ccccc6c5c4)ccc3c3ccc(-c4ccc5oc6ccccc6c5c4)cc32)c(C#N)c2c3c1-n1c4ccccc4c4cccc(c41)B3c1ccccc1N2c1ccccc1. The molecule has 0 spiro atoms. The first-order chi connectivity index (χ1) is 37.6. The van der Waals surface area contributed by atoms with Gasteiger partial charge in [-0.3, -0.25) is 0 Å². The van der Waals surface area contributed by atoms with Crippen LogP contribution in [0.3, 0.4) is 0 Å². The molecule has 6 heterocycles. The number of anilines is 3. The normalized spacial score (nSPS) is 12.7. The van der Waals surface area contributed by atoms with Gasteiger partial charge in [0.2, 0.25) is 5.69 Å². The van der Waals surface area contributed by atoms with Crippen molar-refractivity contribution in [2.75, 3.05) is 4.90 Å². The molecule has 15 aromatic rings. The van der Waals surface area contributed by atoms with E-state index in [9.17, 15) is 11.8 Å². The summed E-state index contributed by atoms with van der Waals surface area (Å²) in [5.41, 5.74) is 19.3. The second kappa shape index (κ2) is 15.0. The molecular formula is C68H36BN5O2. The van der Waals surface area contributed by atoms with E-state index in [2.05, 4.69) is 201 Å². The Hall–Kier alpha value is -10.5. The van der Waals surface area contributed by atoms with E-state index in [0.717, 1.165) is 149 Å². The van der Waals surface area contributed by atoms with Crippen molar-refractivity contribution in [3.05, 3.63) is 235 Å². The zero-order chi connectivity index (χ0) is 49.9. The molecule has 0 atom stereocenters. The van der Waals surface area contributed by atoms with Crippen LogP contribution in [0.15, 0.2) is 227 Å². The molecular weight excluding hydrogens is 930 g/mol. The zero-order valence-electron chi connectivity index (χ0n) is 40.4. The van der Waals surface area contributed by atoms with Gasteiger partial charge in [-0.1, -0.05) is 146 Å². The molecule has 348 valence electrons. The van der Waals surface area contributed by atoms with Crippen LogP contribution in [0, 0.1) is 17.9 Å². The van der Waals surface area contributed by atoms with Crippen molar-refractivity contribution >= 4 is 133 Å². The maximum atomic E-state index is 12.3. The second-order valence-electron chi connectivity index (χ2n) is 20.1. The average molecular weight is 966 g/mol. The van der Waals surface area contributed by atoms with Crippen molar-refractivity contribution in [1.29, 1.82) is 5.26 Å². The molecule has 0 N–H and O–H groups in total. The van der Waals surface area contributed by atoms with Crippen LogP contribution in [0.1, 0.15) is 5.56 Å². The fourth-order valence-corrected chi connectivity index (χ4v) is 13.2. The first-order valence-electron chi connectivity index (χ1n) is 25.5. The predicted molar refractivity (Wildman–Crippen MR) is 311 cm³/mol. The number of nitrogens with zero attached hydrogens (tertiary/aromatic N) is 5. The van der Waals surface area contributed by atoms with Gasteiger partial charge in [0.05, 0.1) is 45.7 Å². The third kappa shape index (κ3) is 5.33. The monoisotopic (exact) mass is 965 g/mol. The highest BCUT2D eigenvalue weighted by Gasteiger charge is 2.46. The molecule has 0 radical (unpaired) electrons. The predicted octanol–water partition coefficient (Wildman–Crippen LogP) is 16.0. The van der Waals surface area contributed by atoms with E-state index in [1.807, 2.05) is 42.5 Å². The van der Waals surface area contributed by atoms with E-state index < -0.39 is 0 Å². The van der Waals surface area contributed by atoms with E-state index in [4.69, 9.17) is 8.83 Å². The number of rotatable bonds is 4. The molecule has 11 aromatic carbocycles. The summed E-state index contributed by atoms with van der Waals surface area (Å²) < 4.78 is 17.2. The first-order valence-corrected chi connectivity index (χ1v) is 25.5. The lowest BCUT2D eigenvalue weighted by Crippen LogP contribution is -2.60. The largest absolute Gasteiger partial charge is 0.456 e. The molecule has 0 saturated heterocycles. The lowest BCUT2D eigenvalue weighted by atomic mass is 9.33. The fourth-order valence-electron chi connectivity index (χ4n) is 13.2. The van der Waals surface area contributed by atoms with Crippen molar-refractivity contribution in [3.8, 4) is 39.7 Å². The summed E-state index contributed by atoms with van der Waals surface area (Å²) in [6.45, 7) is 9.31. The van der Waals surface area contributed by atoms with E-state index in [-0.39, 0.29) is 6.71 Å². The standard InChI is InChI=1S/C68H36BN5O2/c1-71-64-67(52(38-70)66-63-68(64)74-55-22-9-5-16-44(55)49-19-13-21-54(65(49)74)69(63)53-20-8-10-23-56(53)72(66)43-14-3-2-4-15-43)73-57-36-41(39-28-32-61-50(34-39)47-17-6-11-24-59(47)75-61)26-30-45(57)46-31-27-42(37-58(46)73)40-29-33-62-51(35-40)48-18-7-12-25-60(48)76-62/h2-37H. The van der Waals surface area contributed by atoms with Crippen LogP contribution in [0.2, 0.25) is 0 Å². The molecule has 0 aliphatic carbocycles. The van der Waals surface area contributed by atoms with Crippen LogP contribution in [0.25, 0.3) is 126 Å². The lowest BCUT2D eigenvalue weighted by molar-refractivity contribution is 0.668. The summed E-state index contributed by atoms with van der Waals surface area (Å²) in [6, 6.07) is 79.4. The molecule has 0 unspecified atom stereocenters. The van der Waals surface area contributed by atoms with Gasteiger partial charge >= 0.3 is 0 Å². The summed E-state index contributed by atoms with van der Waals surface area (Å²) in [6.07, 6.45) is 0. The van der Waals surface area contributed by atoms with Gasteiger partial charge in [0.25, 0.3) is 6.71 Å². The van der Waals surface area contributed by atoms with E-state index in [1.165, 1.54) is 0 Å². The maximum absolute atomic E-state index is 12.3. The fraction of sp³-hybridized carbons (Fsp3) is 0. The molecule has 8 heteroatoms. The molecule has 7 nitrogen and oxygen atoms in total. The smallest absolute Gasteiger partial charge is 0.250 e. The van der Waals surface area contributed by atoms with Gasteiger partial charge < -0.3 is 22.9 Å². The van der Waals surface area contributed by atoms with Gasteiger partial charge in [0, 0.05) is 60.0 Å². The van der Waals surface area contributed by atoms with Crippen molar-refractivity contribution < 1.29 is 8.83 Å². The number of furan rings is 2. The maximum Gasteiger partial charge on any atom is 0.250 e. The summed E-state index contributed by atoms with van der Waals surface area (Å²) in [4.78, 5) is 6.96. The molecule has 0 amide bonds. The Kier molecular flexibility index (Phi) is 8.10. The Morgan fingerprint density at radius 2 is 0.947 bits per heavy atom. The van der Waals surface area contributed by atoms with Crippen molar-refractivity contribution in [2.24, 2.45) is 0 Å². The third-order valence-electron chi connectivity index (χ3n) is 16.3. The molecule has 0 saturated carbocycles. The van der Waals surface area contributed by atoms with Gasteiger partial charge in [-0.2, -0.15) is 5.26 Å². The Morgan fingerprint density at radius 1 is 0.421 bits per heavy atom. The quantitative estimate of drug-likeness (QED) is 0.130. The highest BCUT2D eigenvalue weighted by atomic mass is 16.3.